The van der Waals surface area contributed by atoms with Crippen LogP contribution < -0.4 is 19.1 Å². The zero-order valence-electron chi connectivity index (χ0n) is 19.8. The summed E-state index contributed by atoms with van der Waals surface area (Å²) in [6.07, 6.45) is -4.72. The molecule has 0 aliphatic heterocycles. The number of para-hydroxylation sites is 2. The quantitative estimate of drug-likeness (QED) is 0.415. The number of sulfonamides is 1. The summed E-state index contributed by atoms with van der Waals surface area (Å²) in [7, 11) is -3.27. The Labute approximate surface area is 207 Å². The summed E-state index contributed by atoms with van der Waals surface area (Å²) in [5.41, 5.74) is -0.521. The lowest BCUT2D eigenvalue weighted by atomic mass is 10.2. The average molecular weight is 523 g/mol. The number of amides is 1. The van der Waals surface area contributed by atoms with Crippen molar-refractivity contribution in [2.75, 3.05) is 29.9 Å². The summed E-state index contributed by atoms with van der Waals surface area (Å²) in [5.74, 6) is -0.434. The van der Waals surface area contributed by atoms with Gasteiger partial charge in [-0.05, 0) is 61.9 Å². The van der Waals surface area contributed by atoms with Gasteiger partial charge >= 0.3 is 6.18 Å². The Balaban J connectivity index is 2.08. The van der Waals surface area contributed by atoms with E-state index in [-0.39, 0.29) is 16.3 Å². The van der Waals surface area contributed by atoms with Gasteiger partial charge in [0, 0.05) is 0 Å². The minimum Gasteiger partial charge on any atom is -0.495 e. The molecule has 192 valence electrons. The molecule has 3 aromatic carbocycles. The molecule has 3 aromatic rings. The number of nitrogens with one attached hydrogen (secondary N) is 1. The fraction of sp³-hybridized carbons (Fsp3) is 0.240. The zero-order chi connectivity index (χ0) is 26.5. The highest BCUT2D eigenvalue weighted by molar-refractivity contribution is 7.93. The Morgan fingerprint density at radius 2 is 1.72 bits per heavy atom. The number of rotatable bonds is 9. The van der Waals surface area contributed by atoms with E-state index in [0.29, 0.717) is 34.0 Å². The van der Waals surface area contributed by atoms with Crippen LogP contribution in [0.4, 0.5) is 24.5 Å². The van der Waals surface area contributed by atoms with Gasteiger partial charge in [0.25, 0.3) is 10.0 Å². The molecule has 0 heterocycles. The molecule has 0 bridgehead atoms. The largest absolute Gasteiger partial charge is 0.495 e. The number of hydrogen-bond acceptors (Lipinski definition) is 5. The number of methoxy groups -OCH3 is 1. The molecule has 3 rings (SSSR count). The highest BCUT2D eigenvalue weighted by Crippen LogP contribution is 2.35. The van der Waals surface area contributed by atoms with Crippen LogP contribution in [0.2, 0.25) is 0 Å². The molecule has 0 unspecified atom stereocenters. The molecule has 0 saturated heterocycles. The van der Waals surface area contributed by atoms with Crippen LogP contribution in [0.5, 0.6) is 11.5 Å². The Hall–Kier alpha value is -3.73. The Morgan fingerprint density at radius 1 is 1.00 bits per heavy atom. The van der Waals surface area contributed by atoms with Crippen molar-refractivity contribution in [3.8, 4) is 11.5 Å². The van der Waals surface area contributed by atoms with Gasteiger partial charge < -0.3 is 14.8 Å². The molecule has 0 saturated carbocycles. The second-order valence-electron chi connectivity index (χ2n) is 7.69. The van der Waals surface area contributed by atoms with Gasteiger partial charge in [-0.1, -0.05) is 24.3 Å². The predicted octanol–water partition coefficient (Wildman–Crippen LogP) is 5.26. The van der Waals surface area contributed by atoms with E-state index in [2.05, 4.69) is 5.32 Å². The predicted molar refractivity (Wildman–Crippen MR) is 130 cm³/mol. The van der Waals surface area contributed by atoms with Crippen LogP contribution in [0.3, 0.4) is 0 Å². The summed E-state index contributed by atoms with van der Waals surface area (Å²) in [4.78, 5) is 12.7. The van der Waals surface area contributed by atoms with Gasteiger partial charge in [0.15, 0.2) is 0 Å². The highest BCUT2D eigenvalue weighted by atomic mass is 32.2. The SMILES string of the molecule is CCOc1ccccc1NC(=O)CN(c1cccc(C(F)(F)F)c1)S(=O)(=O)c1cc(C)ccc1OC. The number of ether oxygens (including phenoxy) is 2. The summed E-state index contributed by atoms with van der Waals surface area (Å²) in [6, 6.07) is 14.7. The van der Waals surface area contributed by atoms with E-state index in [1.54, 1.807) is 44.2 Å². The molecule has 36 heavy (non-hydrogen) atoms. The number of benzene rings is 3. The van der Waals surface area contributed by atoms with Crippen molar-refractivity contribution >= 4 is 27.3 Å². The molecule has 0 radical (unpaired) electrons. The molecular formula is C25H25F3N2O5S. The standard InChI is InChI=1S/C25H25F3N2O5S/c1-4-35-21-11-6-5-10-20(21)29-24(31)16-30(19-9-7-8-18(15-19)25(26,27)28)36(32,33)23-14-17(2)12-13-22(23)34-3/h5-15H,4,16H2,1-3H3,(H,29,31). The highest BCUT2D eigenvalue weighted by Gasteiger charge is 2.34. The van der Waals surface area contributed by atoms with Crippen LogP contribution in [0.25, 0.3) is 0 Å². The van der Waals surface area contributed by atoms with Crippen molar-refractivity contribution in [1.29, 1.82) is 0 Å². The summed E-state index contributed by atoms with van der Waals surface area (Å²) < 4.78 is 79.0. The number of carbonyl (C=O) groups excluding carboxylic acids is 1. The van der Waals surface area contributed by atoms with Crippen LogP contribution in [0.1, 0.15) is 18.1 Å². The number of carbonyl (C=O) groups is 1. The monoisotopic (exact) mass is 522 g/mol. The molecule has 0 spiro atoms. The fourth-order valence-corrected chi connectivity index (χ4v) is 5.08. The van der Waals surface area contributed by atoms with Crippen molar-refractivity contribution in [2.45, 2.75) is 24.9 Å². The van der Waals surface area contributed by atoms with E-state index >= 15 is 0 Å². The maximum absolute atomic E-state index is 13.7. The number of aryl methyl sites for hydroxylation is 1. The molecular weight excluding hydrogens is 497 g/mol. The van der Waals surface area contributed by atoms with Crippen LogP contribution >= 0.6 is 0 Å². The van der Waals surface area contributed by atoms with Gasteiger partial charge in [0.2, 0.25) is 5.91 Å². The first-order valence-corrected chi connectivity index (χ1v) is 12.3. The van der Waals surface area contributed by atoms with Gasteiger partial charge in [-0.25, -0.2) is 8.42 Å². The summed E-state index contributed by atoms with van der Waals surface area (Å²) in [5, 5.41) is 2.58. The lowest BCUT2D eigenvalue weighted by Crippen LogP contribution is -2.38. The third-order valence-corrected chi connectivity index (χ3v) is 6.89. The van der Waals surface area contributed by atoms with Crippen LogP contribution in [-0.2, 0) is 21.0 Å². The maximum atomic E-state index is 13.7. The first kappa shape index (κ1) is 26.9. The van der Waals surface area contributed by atoms with Gasteiger partial charge in [-0.15, -0.1) is 0 Å². The van der Waals surface area contributed by atoms with Crippen molar-refractivity contribution in [1.82, 2.24) is 0 Å². The topological polar surface area (TPSA) is 84.9 Å². The molecule has 0 aliphatic carbocycles. The van der Waals surface area contributed by atoms with Crippen LogP contribution in [-0.4, -0.2) is 34.6 Å². The maximum Gasteiger partial charge on any atom is 0.416 e. The van der Waals surface area contributed by atoms with Crippen molar-refractivity contribution in [2.24, 2.45) is 0 Å². The fourth-order valence-electron chi connectivity index (χ4n) is 3.43. The van der Waals surface area contributed by atoms with Crippen LogP contribution in [0, 0.1) is 6.92 Å². The molecule has 0 aliphatic rings. The number of hydrogen-bond donors (Lipinski definition) is 1. The van der Waals surface area contributed by atoms with Gasteiger partial charge in [-0.2, -0.15) is 13.2 Å². The second kappa shape index (κ2) is 10.9. The first-order chi connectivity index (χ1) is 17.0. The summed E-state index contributed by atoms with van der Waals surface area (Å²) in [6.45, 7) is 2.94. The minimum atomic E-state index is -4.72. The number of halogens is 3. The van der Waals surface area contributed by atoms with Gasteiger partial charge in [-0.3, -0.25) is 9.10 Å². The lowest BCUT2D eigenvalue weighted by molar-refractivity contribution is -0.137. The number of anilines is 2. The Bertz CT molecular complexity index is 1340. The van der Waals surface area contributed by atoms with Gasteiger partial charge in [0.1, 0.15) is 22.9 Å². The molecule has 1 amide bonds. The zero-order valence-corrected chi connectivity index (χ0v) is 20.6. The van der Waals surface area contributed by atoms with E-state index < -0.39 is 34.2 Å². The number of alkyl halides is 3. The Morgan fingerprint density at radius 3 is 2.39 bits per heavy atom. The van der Waals surface area contributed by atoms with Crippen LogP contribution in [0.15, 0.2) is 71.6 Å². The third kappa shape index (κ3) is 6.09. The van der Waals surface area contributed by atoms with Crippen molar-refractivity contribution in [3.63, 3.8) is 0 Å². The van der Waals surface area contributed by atoms with E-state index in [1.807, 2.05) is 0 Å². The molecule has 1 N–H and O–H groups in total. The van der Waals surface area contributed by atoms with E-state index in [1.165, 1.54) is 25.3 Å². The minimum absolute atomic E-state index is 0.0142. The molecule has 7 nitrogen and oxygen atoms in total. The lowest BCUT2D eigenvalue weighted by Gasteiger charge is -2.26. The van der Waals surface area contributed by atoms with Crippen molar-refractivity contribution in [3.05, 3.63) is 77.9 Å². The molecule has 11 heteroatoms. The Kier molecular flexibility index (Phi) is 8.13. The van der Waals surface area contributed by atoms with E-state index in [0.717, 1.165) is 12.1 Å². The smallest absolute Gasteiger partial charge is 0.416 e. The first-order valence-electron chi connectivity index (χ1n) is 10.8. The van der Waals surface area contributed by atoms with Gasteiger partial charge in [0.05, 0.1) is 30.7 Å². The van der Waals surface area contributed by atoms with Crippen molar-refractivity contribution < 1.29 is 35.9 Å². The normalized spacial score (nSPS) is 11.6. The summed E-state index contributed by atoms with van der Waals surface area (Å²) >= 11 is 0. The van der Waals surface area contributed by atoms with E-state index in [9.17, 15) is 26.4 Å². The molecule has 0 atom stereocenters. The number of nitrogens with zero attached hydrogens (tertiary/aromatic N) is 1. The second-order valence-corrected chi connectivity index (χ2v) is 9.52. The molecule has 0 fully saturated rings. The van der Waals surface area contributed by atoms with E-state index in [4.69, 9.17) is 9.47 Å². The third-order valence-electron chi connectivity index (χ3n) is 5.10. The average Bonchev–Trinajstić information content (AvgIpc) is 2.83. The molecule has 0 aromatic heterocycles.